The van der Waals surface area contributed by atoms with Gasteiger partial charge in [0.2, 0.25) is 0 Å². The number of imidazole rings is 1. The number of benzene rings is 1. The Bertz CT molecular complexity index is 1270. The van der Waals surface area contributed by atoms with Gasteiger partial charge in [-0.05, 0) is 48.6 Å². The number of hydrogen-bond acceptors (Lipinski definition) is 6. The molecule has 33 heavy (non-hydrogen) atoms. The maximum absolute atomic E-state index is 5.05. The third-order valence-corrected chi connectivity index (χ3v) is 7.06. The van der Waals surface area contributed by atoms with Crippen LogP contribution in [0.25, 0.3) is 16.9 Å². The lowest BCUT2D eigenvalue weighted by Gasteiger charge is -2.22. The molecule has 0 bridgehead atoms. The zero-order valence-electron chi connectivity index (χ0n) is 19.1. The molecule has 0 amide bonds. The molecule has 2 fully saturated rings. The molecule has 168 valence electrons. The summed E-state index contributed by atoms with van der Waals surface area (Å²) in [7, 11) is 1.88. The van der Waals surface area contributed by atoms with Gasteiger partial charge in [0, 0.05) is 51.5 Å². The first-order valence-electron chi connectivity index (χ1n) is 11.7. The summed E-state index contributed by atoms with van der Waals surface area (Å²) in [5, 5.41) is 8.17. The second-order valence-electron chi connectivity index (χ2n) is 9.29. The fraction of sp³-hybridized carbons (Fsp3) is 0.346. The van der Waals surface area contributed by atoms with Crippen LogP contribution < -0.4 is 10.2 Å². The number of likely N-dealkylation sites (tertiary alicyclic amines) is 1. The number of hydrogen-bond donors (Lipinski definition) is 1. The zero-order chi connectivity index (χ0) is 22.4. The van der Waals surface area contributed by atoms with E-state index in [-0.39, 0.29) is 0 Å². The molecular weight excluding hydrogens is 410 g/mol. The first kappa shape index (κ1) is 20.2. The predicted octanol–water partition coefficient (Wildman–Crippen LogP) is 3.71. The van der Waals surface area contributed by atoms with Gasteiger partial charge in [0.05, 0.1) is 11.4 Å². The molecule has 1 N–H and O–H groups in total. The van der Waals surface area contributed by atoms with E-state index in [0.717, 1.165) is 67.0 Å². The highest BCUT2D eigenvalue weighted by molar-refractivity contribution is 5.69. The molecule has 0 saturated carbocycles. The first-order chi connectivity index (χ1) is 16.2. The van der Waals surface area contributed by atoms with Gasteiger partial charge in [-0.2, -0.15) is 0 Å². The molecule has 3 aromatic heterocycles. The molecule has 0 radical (unpaired) electrons. The molecule has 2 saturated heterocycles. The van der Waals surface area contributed by atoms with E-state index in [0.29, 0.717) is 11.8 Å². The molecule has 2 aliphatic rings. The molecule has 4 aromatic rings. The van der Waals surface area contributed by atoms with Crippen molar-refractivity contribution in [3.63, 3.8) is 0 Å². The molecule has 5 heterocycles. The zero-order valence-corrected chi connectivity index (χ0v) is 19.1. The topological polar surface area (TPSA) is 61.6 Å². The van der Waals surface area contributed by atoms with Crippen LogP contribution in [0.2, 0.25) is 0 Å². The average molecular weight is 440 g/mol. The summed E-state index contributed by atoms with van der Waals surface area (Å²) >= 11 is 0. The Kier molecular flexibility index (Phi) is 4.99. The van der Waals surface area contributed by atoms with Crippen LogP contribution >= 0.6 is 0 Å². The number of pyridine rings is 1. The van der Waals surface area contributed by atoms with Crippen molar-refractivity contribution in [1.82, 2.24) is 24.5 Å². The summed E-state index contributed by atoms with van der Waals surface area (Å²) in [5.41, 5.74) is 5.35. The summed E-state index contributed by atoms with van der Waals surface area (Å²) in [6.07, 6.45) is 1.83. The Hall–Kier alpha value is -3.45. The number of aryl methyl sites for hydroxylation is 1. The first-order valence-corrected chi connectivity index (χ1v) is 11.7. The van der Waals surface area contributed by atoms with Crippen LogP contribution in [-0.4, -0.2) is 57.7 Å². The lowest BCUT2D eigenvalue weighted by molar-refractivity contribution is 0.308. The Morgan fingerprint density at radius 2 is 1.76 bits per heavy atom. The van der Waals surface area contributed by atoms with Gasteiger partial charge in [-0.3, -0.25) is 4.90 Å². The fourth-order valence-electron chi connectivity index (χ4n) is 5.50. The Morgan fingerprint density at radius 1 is 0.970 bits per heavy atom. The predicted molar refractivity (Wildman–Crippen MR) is 131 cm³/mol. The maximum Gasteiger partial charge on any atom is 0.154 e. The van der Waals surface area contributed by atoms with E-state index >= 15 is 0 Å². The molecule has 7 heteroatoms. The van der Waals surface area contributed by atoms with Crippen LogP contribution in [0.4, 0.5) is 11.6 Å². The second-order valence-corrected chi connectivity index (χ2v) is 9.29. The summed E-state index contributed by atoms with van der Waals surface area (Å²) in [5.74, 6) is 3.28. The van der Waals surface area contributed by atoms with Crippen molar-refractivity contribution in [3.8, 4) is 11.3 Å². The Morgan fingerprint density at radius 3 is 2.52 bits per heavy atom. The van der Waals surface area contributed by atoms with Crippen molar-refractivity contribution in [3.05, 3.63) is 72.1 Å². The SMILES string of the molecule is CNc1cc(-c2c(C)nc3ccc(N4CC5CN(Cc6ccccc6)CC5C4)nn23)ccn1. The summed E-state index contributed by atoms with van der Waals surface area (Å²) < 4.78 is 2.00. The van der Waals surface area contributed by atoms with Gasteiger partial charge >= 0.3 is 0 Å². The highest BCUT2D eigenvalue weighted by Gasteiger charge is 2.40. The van der Waals surface area contributed by atoms with Crippen LogP contribution in [0.15, 0.2) is 60.8 Å². The minimum absolute atomic E-state index is 0.702. The van der Waals surface area contributed by atoms with E-state index in [9.17, 15) is 0 Å². The molecule has 2 atom stereocenters. The van der Waals surface area contributed by atoms with E-state index < -0.39 is 0 Å². The summed E-state index contributed by atoms with van der Waals surface area (Å²) in [6.45, 7) is 7.56. The van der Waals surface area contributed by atoms with Crippen molar-refractivity contribution < 1.29 is 0 Å². The van der Waals surface area contributed by atoms with Crippen molar-refractivity contribution in [2.24, 2.45) is 11.8 Å². The molecular formula is C26H29N7. The molecule has 0 aliphatic carbocycles. The lowest BCUT2D eigenvalue weighted by atomic mass is 10.0. The van der Waals surface area contributed by atoms with Crippen molar-refractivity contribution in [1.29, 1.82) is 0 Å². The molecule has 7 nitrogen and oxygen atoms in total. The molecule has 1 aromatic carbocycles. The number of anilines is 2. The van der Waals surface area contributed by atoms with E-state index in [1.54, 1.807) is 0 Å². The summed E-state index contributed by atoms with van der Waals surface area (Å²) in [4.78, 5) is 14.2. The van der Waals surface area contributed by atoms with Crippen LogP contribution in [0.5, 0.6) is 0 Å². The minimum atomic E-state index is 0.702. The largest absolute Gasteiger partial charge is 0.373 e. The average Bonchev–Trinajstić information content (AvgIpc) is 3.49. The number of nitrogens with zero attached hydrogens (tertiary/aromatic N) is 6. The monoisotopic (exact) mass is 439 g/mol. The normalized spacial score (nSPS) is 20.5. The van der Waals surface area contributed by atoms with Gasteiger partial charge in [-0.25, -0.2) is 14.5 Å². The number of fused-ring (bicyclic) bond motifs is 2. The Labute approximate surface area is 194 Å². The highest BCUT2D eigenvalue weighted by atomic mass is 15.4. The lowest BCUT2D eigenvalue weighted by Crippen LogP contribution is -2.29. The van der Waals surface area contributed by atoms with Crippen molar-refractivity contribution in [2.75, 3.05) is 43.4 Å². The minimum Gasteiger partial charge on any atom is -0.373 e. The summed E-state index contributed by atoms with van der Waals surface area (Å²) in [6, 6.07) is 19.1. The van der Waals surface area contributed by atoms with Crippen molar-refractivity contribution >= 4 is 17.3 Å². The van der Waals surface area contributed by atoms with Gasteiger partial charge in [-0.15, -0.1) is 5.10 Å². The highest BCUT2D eigenvalue weighted by Crippen LogP contribution is 2.34. The molecule has 0 spiro atoms. The number of aromatic nitrogens is 4. The van der Waals surface area contributed by atoms with E-state index in [1.807, 2.05) is 36.8 Å². The van der Waals surface area contributed by atoms with Crippen LogP contribution in [0, 0.1) is 18.8 Å². The third-order valence-electron chi connectivity index (χ3n) is 7.06. The van der Waals surface area contributed by atoms with E-state index in [1.165, 1.54) is 5.56 Å². The van der Waals surface area contributed by atoms with Gasteiger partial charge in [0.15, 0.2) is 5.65 Å². The number of nitrogens with one attached hydrogen (secondary N) is 1. The fourth-order valence-corrected chi connectivity index (χ4v) is 5.50. The molecule has 2 aliphatic heterocycles. The van der Waals surface area contributed by atoms with Crippen molar-refractivity contribution in [2.45, 2.75) is 13.5 Å². The van der Waals surface area contributed by atoms with Gasteiger partial charge < -0.3 is 10.2 Å². The van der Waals surface area contributed by atoms with Gasteiger partial charge in [0.25, 0.3) is 0 Å². The number of rotatable bonds is 5. The van der Waals surface area contributed by atoms with Gasteiger partial charge in [0.1, 0.15) is 11.6 Å². The van der Waals surface area contributed by atoms with Crippen LogP contribution in [0.3, 0.4) is 0 Å². The quantitative estimate of drug-likeness (QED) is 0.512. The smallest absolute Gasteiger partial charge is 0.154 e. The Balaban J connectivity index is 1.23. The van der Waals surface area contributed by atoms with Crippen LogP contribution in [0.1, 0.15) is 11.3 Å². The van der Waals surface area contributed by atoms with E-state index in [2.05, 4.69) is 62.6 Å². The molecule has 6 rings (SSSR count). The standard InChI is InChI=1S/C26H29N7/c1-18-26(20-10-11-28-23(12-20)27-2)33-24(29-18)8-9-25(30-33)32-16-21-14-31(15-22(21)17-32)13-19-6-4-3-5-7-19/h3-12,21-22H,13-17H2,1-2H3,(H,27,28). The van der Waals surface area contributed by atoms with Crippen LogP contribution in [-0.2, 0) is 6.54 Å². The van der Waals surface area contributed by atoms with Gasteiger partial charge in [-0.1, -0.05) is 30.3 Å². The van der Waals surface area contributed by atoms with E-state index in [4.69, 9.17) is 10.1 Å². The molecule has 2 unspecified atom stereocenters. The third kappa shape index (κ3) is 3.72. The maximum atomic E-state index is 5.05. The second kappa shape index (κ2) is 8.15.